The maximum Gasteiger partial charge on any atom is -0.0351 e. The summed E-state index contributed by atoms with van der Waals surface area (Å²) in [5.74, 6) is 3.53. The molecule has 18 heavy (non-hydrogen) atoms. The molecule has 0 heterocycles. The predicted octanol–water partition coefficient (Wildman–Crippen LogP) is 6.12. The van der Waals surface area contributed by atoms with Gasteiger partial charge in [-0.1, -0.05) is 57.1 Å². The van der Waals surface area contributed by atoms with Crippen LogP contribution in [0.4, 0.5) is 0 Å². The third-order valence-electron chi connectivity index (χ3n) is 5.23. The summed E-state index contributed by atoms with van der Waals surface area (Å²) in [6, 6.07) is 0. The Labute approximate surface area is 114 Å². The molecular formula is C18H32. The van der Waals surface area contributed by atoms with Crippen LogP contribution in [0.1, 0.15) is 84.0 Å². The first-order valence-corrected chi connectivity index (χ1v) is 8.54. The van der Waals surface area contributed by atoms with E-state index in [9.17, 15) is 0 Å². The van der Waals surface area contributed by atoms with E-state index in [0.717, 1.165) is 0 Å². The quantitative estimate of drug-likeness (QED) is 0.340. The van der Waals surface area contributed by atoms with Gasteiger partial charge in [0.25, 0.3) is 0 Å². The topological polar surface area (TPSA) is 0 Å². The van der Waals surface area contributed by atoms with Crippen molar-refractivity contribution in [3.05, 3.63) is 12.2 Å². The van der Waals surface area contributed by atoms with Gasteiger partial charge in [-0.3, -0.25) is 0 Å². The van der Waals surface area contributed by atoms with E-state index in [1.165, 1.54) is 75.5 Å². The summed E-state index contributed by atoms with van der Waals surface area (Å²) in [5.41, 5.74) is 0. The molecule has 0 heteroatoms. The Bertz CT molecular complexity index is 228. The largest absolute Gasteiger partial charge is 0.0917 e. The van der Waals surface area contributed by atoms with Crippen LogP contribution in [0.15, 0.2) is 12.2 Å². The average Bonchev–Trinajstić information content (AvgIpc) is 3.11. The van der Waals surface area contributed by atoms with Crippen LogP contribution in [0.2, 0.25) is 0 Å². The lowest BCUT2D eigenvalue weighted by atomic mass is 10.0. The minimum Gasteiger partial charge on any atom is -0.0917 e. The lowest BCUT2D eigenvalue weighted by Crippen LogP contribution is -1.91. The molecule has 0 N–H and O–H groups in total. The van der Waals surface area contributed by atoms with Crippen molar-refractivity contribution in [3.63, 3.8) is 0 Å². The molecule has 2 fully saturated rings. The van der Waals surface area contributed by atoms with Gasteiger partial charge in [0.1, 0.15) is 0 Å². The first-order valence-electron chi connectivity index (χ1n) is 8.54. The highest BCUT2D eigenvalue weighted by atomic mass is 14.5. The molecule has 0 saturated heterocycles. The van der Waals surface area contributed by atoms with Gasteiger partial charge in [0.15, 0.2) is 0 Å². The molecule has 0 spiro atoms. The van der Waals surface area contributed by atoms with Crippen molar-refractivity contribution < 1.29 is 0 Å². The zero-order valence-electron chi connectivity index (χ0n) is 12.4. The molecule has 2 atom stereocenters. The summed E-state index contributed by atoms with van der Waals surface area (Å²) in [4.78, 5) is 0. The maximum absolute atomic E-state index is 2.30. The Morgan fingerprint density at radius 1 is 0.833 bits per heavy atom. The van der Waals surface area contributed by atoms with Crippen LogP contribution in [0, 0.1) is 17.8 Å². The number of allylic oxidation sites excluding steroid dienone is 2. The summed E-state index contributed by atoms with van der Waals surface area (Å²) in [5, 5.41) is 0. The second-order valence-electron chi connectivity index (χ2n) is 6.54. The van der Waals surface area contributed by atoms with E-state index < -0.39 is 0 Å². The molecule has 0 amide bonds. The lowest BCUT2D eigenvalue weighted by molar-refractivity contribution is 0.480. The highest BCUT2D eigenvalue weighted by Crippen LogP contribution is 2.57. The Kier molecular flexibility index (Phi) is 6.31. The smallest absolute Gasteiger partial charge is 0.0351 e. The van der Waals surface area contributed by atoms with E-state index in [1.54, 1.807) is 19.3 Å². The first-order chi connectivity index (χ1) is 8.93. The minimum absolute atomic E-state index is 1.17. The van der Waals surface area contributed by atoms with Gasteiger partial charge in [-0.25, -0.2) is 0 Å². The van der Waals surface area contributed by atoms with Gasteiger partial charge in [-0.2, -0.15) is 0 Å². The second kappa shape index (κ2) is 8.02. The fraction of sp³-hybridized carbons (Fsp3) is 0.889. The van der Waals surface area contributed by atoms with E-state index in [2.05, 4.69) is 19.1 Å². The molecule has 0 aromatic rings. The van der Waals surface area contributed by atoms with Crippen LogP contribution in [0.3, 0.4) is 0 Å². The van der Waals surface area contributed by atoms with Crippen LogP contribution >= 0.6 is 0 Å². The molecule has 2 unspecified atom stereocenters. The zero-order chi connectivity index (χ0) is 12.6. The van der Waals surface area contributed by atoms with Crippen LogP contribution in [-0.2, 0) is 0 Å². The molecule has 0 aromatic carbocycles. The molecule has 0 aromatic heterocycles. The van der Waals surface area contributed by atoms with E-state index >= 15 is 0 Å². The Balaban J connectivity index is 1.36. The third kappa shape index (κ3) is 4.44. The van der Waals surface area contributed by atoms with Crippen molar-refractivity contribution in [2.75, 3.05) is 0 Å². The van der Waals surface area contributed by atoms with Gasteiger partial charge in [-0.15, -0.1) is 0 Å². The Morgan fingerprint density at radius 2 is 1.44 bits per heavy atom. The van der Waals surface area contributed by atoms with E-state index in [-0.39, 0.29) is 0 Å². The number of rotatable bonds is 9. The highest BCUT2D eigenvalue weighted by Gasteiger charge is 2.49. The standard InChI is InChI=1S/C18H32/c1-2-3-4-5-6-7-8-9-10-13-16-17-14-11-12-15-18(16)17/h2-3,16-18H,4-15H2,1H3/b3-2-. The Morgan fingerprint density at radius 3 is 2.11 bits per heavy atom. The molecule has 0 aliphatic heterocycles. The molecule has 0 nitrogen and oxygen atoms in total. The average molecular weight is 248 g/mol. The molecule has 0 bridgehead atoms. The van der Waals surface area contributed by atoms with Gasteiger partial charge in [-0.05, 0) is 56.8 Å². The third-order valence-corrected chi connectivity index (χ3v) is 5.23. The highest BCUT2D eigenvalue weighted by molar-refractivity contribution is 4.98. The summed E-state index contributed by atoms with van der Waals surface area (Å²) in [6.07, 6.45) is 22.4. The van der Waals surface area contributed by atoms with E-state index in [0.29, 0.717) is 0 Å². The first kappa shape index (κ1) is 14.2. The predicted molar refractivity (Wildman–Crippen MR) is 80.7 cm³/mol. The number of fused-ring (bicyclic) bond motifs is 1. The summed E-state index contributed by atoms with van der Waals surface area (Å²) < 4.78 is 0. The van der Waals surface area contributed by atoms with Crippen LogP contribution in [-0.4, -0.2) is 0 Å². The summed E-state index contributed by atoms with van der Waals surface area (Å²) >= 11 is 0. The van der Waals surface area contributed by atoms with Crippen molar-refractivity contribution >= 4 is 0 Å². The molecule has 2 rings (SSSR count). The van der Waals surface area contributed by atoms with Gasteiger partial charge in [0.05, 0.1) is 0 Å². The van der Waals surface area contributed by atoms with Gasteiger partial charge in [0.2, 0.25) is 0 Å². The van der Waals surface area contributed by atoms with Gasteiger partial charge < -0.3 is 0 Å². The summed E-state index contributed by atoms with van der Waals surface area (Å²) in [7, 11) is 0. The van der Waals surface area contributed by atoms with Crippen LogP contribution < -0.4 is 0 Å². The van der Waals surface area contributed by atoms with E-state index in [1.807, 2.05) is 0 Å². The van der Waals surface area contributed by atoms with Gasteiger partial charge in [0, 0.05) is 0 Å². The molecular weight excluding hydrogens is 216 g/mol. The van der Waals surface area contributed by atoms with Crippen molar-refractivity contribution in [2.24, 2.45) is 17.8 Å². The monoisotopic (exact) mass is 248 g/mol. The van der Waals surface area contributed by atoms with Crippen molar-refractivity contribution in [2.45, 2.75) is 84.0 Å². The van der Waals surface area contributed by atoms with E-state index in [4.69, 9.17) is 0 Å². The van der Waals surface area contributed by atoms with Crippen LogP contribution in [0.5, 0.6) is 0 Å². The number of unbranched alkanes of at least 4 members (excludes halogenated alkanes) is 6. The molecule has 2 saturated carbocycles. The number of hydrogen-bond donors (Lipinski definition) is 0. The van der Waals surface area contributed by atoms with Crippen molar-refractivity contribution in [1.29, 1.82) is 0 Å². The van der Waals surface area contributed by atoms with Gasteiger partial charge >= 0.3 is 0 Å². The number of hydrogen-bond acceptors (Lipinski definition) is 0. The fourth-order valence-electron chi connectivity index (χ4n) is 4.08. The molecule has 2 aliphatic carbocycles. The van der Waals surface area contributed by atoms with Crippen LogP contribution in [0.25, 0.3) is 0 Å². The molecule has 0 radical (unpaired) electrons. The SMILES string of the molecule is C/C=C\CCCCCCCCC1C2CCCCC12. The zero-order valence-corrected chi connectivity index (χ0v) is 12.4. The maximum atomic E-state index is 2.30. The second-order valence-corrected chi connectivity index (χ2v) is 6.54. The fourth-order valence-corrected chi connectivity index (χ4v) is 4.08. The normalized spacial score (nSPS) is 30.6. The summed E-state index contributed by atoms with van der Waals surface area (Å²) in [6.45, 7) is 2.12. The Hall–Kier alpha value is -0.260. The molecule has 2 aliphatic rings. The van der Waals surface area contributed by atoms with Crippen molar-refractivity contribution in [1.82, 2.24) is 0 Å². The molecule has 104 valence electrons. The van der Waals surface area contributed by atoms with Crippen molar-refractivity contribution in [3.8, 4) is 0 Å². The minimum atomic E-state index is 1.17. The lowest BCUT2D eigenvalue weighted by Gasteiger charge is -2.05.